The van der Waals surface area contributed by atoms with Crippen molar-refractivity contribution in [3.05, 3.63) is 78.0 Å². The summed E-state index contributed by atoms with van der Waals surface area (Å²) in [5, 5.41) is 17.5. The van der Waals surface area contributed by atoms with Crippen LogP contribution >= 0.6 is 0 Å². The van der Waals surface area contributed by atoms with Gasteiger partial charge in [-0.25, -0.2) is 0 Å². The van der Waals surface area contributed by atoms with Crippen molar-refractivity contribution in [2.24, 2.45) is 0 Å². The number of carbonyl (C=O) groups excluding carboxylic acids is 1. The molecule has 180 valence electrons. The maximum absolute atomic E-state index is 12.7. The summed E-state index contributed by atoms with van der Waals surface area (Å²) < 4.78 is 10.8. The van der Waals surface area contributed by atoms with Gasteiger partial charge in [-0.1, -0.05) is 32.9 Å². The lowest BCUT2D eigenvalue weighted by Gasteiger charge is -2.19. The van der Waals surface area contributed by atoms with Gasteiger partial charge in [0.15, 0.2) is 11.5 Å². The molecule has 1 amide bonds. The number of phenolic OH excluding ortho intramolecular Hbond substituents is 1. The first-order valence-corrected chi connectivity index (χ1v) is 11.2. The normalized spacial score (nSPS) is 11.2. The molecule has 0 saturated heterocycles. The molecule has 0 saturated carbocycles. The second-order valence-corrected chi connectivity index (χ2v) is 9.22. The van der Waals surface area contributed by atoms with Gasteiger partial charge >= 0.3 is 0 Å². The molecule has 7 heteroatoms. The molecule has 0 radical (unpaired) electrons. The molecule has 0 bridgehead atoms. The minimum atomic E-state index is -0.289. The van der Waals surface area contributed by atoms with Gasteiger partial charge in [-0.05, 0) is 47.4 Å². The van der Waals surface area contributed by atoms with Crippen molar-refractivity contribution in [2.75, 3.05) is 24.9 Å². The number of nitrogens with one attached hydrogen (secondary N) is 2. The van der Waals surface area contributed by atoms with Crippen LogP contribution in [-0.2, 0) is 5.41 Å². The van der Waals surface area contributed by atoms with Crippen molar-refractivity contribution in [3.63, 3.8) is 0 Å². The zero-order chi connectivity index (χ0) is 25.2. The highest BCUT2D eigenvalue weighted by atomic mass is 16.5. The molecule has 0 fully saturated rings. The van der Waals surface area contributed by atoms with Gasteiger partial charge in [0.2, 0.25) is 0 Å². The maximum Gasteiger partial charge on any atom is 0.255 e. The standard InChI is InChI=1S/C28H29N3O4/c1-28(2,3)18-8-6-17(7-9-18)27(33)31-22-11-10-19(14-24(22)32)30-21-12-13-29-23-16-26(35-5)25(34-4)15-20(21)23/h6-16,32H,1-5H3,(H,29,30)(H,31,33). The van der Waals surface area contributed by atoms with Gasteiger partial charge in [0.25, 0.3) is 5.91 Å². The molecule has 1 heterocycles. The average Bonchev–Trinajstić information content (AvgIpc) is 2.84. The van der Waals surface area contributed by atoms with Crippen molar-refractivity contribution in [3.8, 4) is 17.2 Å². The van der Waals surface area contributed by atoms with Crippen LogP contribution in [0.25, 0.3) is 10.9 Å². The van der Waals surface area contributed by atoms with Gasteiger partial charge in [-0.2, -0.15) is 0 Å². The third kappa shape index (κ3) is 5.14. The molecule has 0 spiro atoms. The highest BCUT2D eigenvalue weighted by Crippen LogP contribution is 2.36. The van der Waals surface area contributed by atoms with Crippen LogP contribution in [0.4, 0.5) is 17.1 Å². The van der Waals surface area contributed by atoms with E-state index >= 15 is 0 Å². The van der Waals surface area contributed by atoms with Gasteiger partial charge in [-0.15, -0.1) is 0 Å². The van der Waals surface area contributed by atoms with Crippen LogP contribution in [0, 0.1) is 0 Å². The van der Waals surface area contributed by atoms with Gasteiger partial charge in [0, 0.05) is 40.7 Å². The molecular weight excluding hydrogens is 442 g/mol. The maximum atomic E-state index is 12.7. The Kier molecular flexibility index (Phi) is 6.51. The molecule has 4 aromatic rings. The topological polar surface area (TPSA) is 92.7 Å². The van der Waals surface area contributed by atoms with Crippen LogP contribution in [0.15, 0.2) is 66.9 Å². The smallest absolute Gasteiger partial charge is 0.255 e. The van der Waals surface area contributed by atoms with Crippen LogP contribution in [0.5, 0.6) is 17.2 Å². The van der Waals surface area contributed by atoms with E-state index in [1.807, 2.05) is 30.3 Å². The minimum absolute atomic E-state index is 0.00739. The number of pyridine rings is 1. The molecule has 1 aromatic heterocycles. The average molecular weight is 472 g/mol. The Morgan fingerprint density at radius 2 is 1.57 bits per heavy atom. The van der Waals surface area contributed by atoms with E-state index < -0.39 is 0 Å². The Labute approximate surface area is 204 Å². The predicted octanol–water partition coefficient (Wildman–Crippen LogP) is 6.25. The molecule has 3 N–H and O–H groups in total. The van der Waals surface area contributed by atoms with Crippen LogP contribution in [0.2, 0.25) is 0 Å². The summed E-state index contributed by atoms with van der Waals surface area (Å²) in [4.78, 5) is 17.1. The number of hydrogen-bond acceptors (Lipinski definition) is 6. The van der Waals surface area contributed by atoms with Crippen molar-refractivity contribution in [1.82, 2.24) is 4.98 Å². The minimum Gasteiger partial charge on any atom is -0.506 e. The first-order chi connectivity index (χ1) is 16.7. The zero-order valence-electron chi connectivity index (χ0n) is 20.5. The SMILES string of the molecule is COc1cc2nccc(Nc3ccc(NC(=O)c4ccc(C(C)(C)C)cc4)c(O)c3)c2cc1OC. The number of nitrogens with zero attached hydrogens (tertiary/aromatic N) is 1. The summed E-state index contributed by atoms with van der Waals surface area (Å²) in [5.74, 6) is 0.845. The first kappa shape index (κ1) is 23.9. The van der Waals surface area contributed by atoms with Crippen LogP contribution in [0.1, 0.15) is 36.7 Å². The number of phenols is 1. The Balaban J connectivity index is 1.54. The van der Waals surface area contributed by atoms with Crippen molar-refractivity contribution < 1.29 is 19.4 Å². The Morgan fingerprint density at radius 3 is 2.20 bits per heavy atom. The molecule has 4 rings (SSSR count). The van der Waals surface area contributed by atoms with E-state index in [1.54, 1.807) is 50.7 Å². The number of benzene rings is 3. The molecule has 35 heavy (non-hydrogen) atoms. The second-order valence-electron chi connectivity index (χ2n) is 9.22. The van der Waals surface area contributed by atoms with E-state index in [0.717, 1.165) is 22.2 Å². The number of carbonyl (C=O) groups is 1. The fourth-order valence-electron chi connectivity index (χ4n) is 3.77. The number of amides is 1. The highest BCUT2D eigenvalue weighted by Gasteiger charge is 2.15. The first-order valence-electron chi connectivity index (χ1n) is 11.2. The van der Waals surface area contributed by atoms with Crippen LogP contribution < -0.4 is 20.1 Å². The Morgan fingerprint density at radius 1 is 0.886 bits per heavy atom. The van der Waals surface area contributed by atoms with Crippen molar-refractivity contribution in [2.45, 2.75) is 26.2 Å². The monoisotopic (exact) mass is 471 g/mol. The molecular formula is C28H29N3O4. The number of aromatic nitrogens is 1. The van der Waals surface area contributed by atoms with E-state index in [0.29, 0.717) is 28.4 Å². The zero-order valence-corrected chi connectivity index (χ0v) is 20.5. The van der Waals surface area contributed by atoms with Crippen molar-refractivity contribution >= 4 is 33.9 Å². The van der Waals surface area contributed by atoms with E-state index in [9.17, 15) is 9.90 Å². The van der Waals surface area contributed by atoms with Gasteiger partial charge in [0.1, 0.15) is 5.75 Å². The summed E-state index contributed by atoms with van der Waals surface area (Å²) >= 11 is 0. The quantitative estimate of drug-likeness (QED) is 0.288. The molecule has 0 atom stereocenters. The summed E-state index contributed by atoms with van der Waals surface area (Å²) in [5.41, 5.74) is 4.17. The van der Waals surface area contributed by atoms with E-state index in [4.69, 9.17) is 9.47 Å². The molecule has 0 aliphatic heterocycles. The summed E-state index contributed by atoms with van der Waals surface area (Å²) in [6.07, 6.45) is 1.69. The second kappa shape index (κ2) is 9.54. The number of anilines is 3. The predicted molar refractivity (Wildman–Crippen MR) is 139 cm³/mol. The largest absolute Gasteiger partial charge is 0.506 e. The summed E-state index contributed by atoms with van der Waals surface area (Å²) in [6, 6.07) is 18.0. The molecule has 0 aliphatic rings. The lowest BCUT2D eigenvalue weighted by Crippen LogP contribution is -2.14. The van der Waals surface area contributed by atoms with Gasteiger partial charge in [0.05, 0.1) is 25.4 Å². The summed E-state index contributed by atoms with van der Waals surface area (Å²) in [6.45, 7) is 6.37. The molecule has 0 aliphatic carbocycles. The van der Waals surface area contributed by atoms with Gasteiger partial charge < -0.3 is 25.2 Å². The van der Waals surface area contributed by atoms with E-state index in [1.165, 1.54) is 0 Å². The van der Waals surface area contributed by atoms with E-state index in [-0.39, 0.29) is 17.1 Å². The molecule has 7 nitrogen and oxygen atoms in total. The van der Waals surface area contributed by atoms with E-state index in [2.05, 4.69) is 36.4 Å². The molecule has 3 aromatic carbocycles. The third-order valence-corrected chi connectivity index (χ3v) is 5.78. The number of methoxy groups -OCH3 is 2. The number of ether oxygens (including phenoxy) is 2. The highest BCUT2D eigenvalue weighted by molar-refractivity contribution is 6.05. The number of aromatic hydroxyl groups is 1. The summed E-state index contributed by atoms with van der Waals surface area (Å²) in [7, 11) is 3.16. The number of fused-ring (bicyclic) bond motifs is 1. The third-order valence-electron chi connectivity index (χ3n) is 5.78. The molecule has 0 unspecified atom stereocenters. The van der Waals surface area contributed by atoms with Gasteiger partial charge in [-0.3, -0.25) is 9.78 Å². The fraction of sp³-hybridized carbons (Fsp3) is 0.214. The lowest BCUT2D eigenvalue weighted by atomic mass is 9.87. The van der Waals surface area contributed by atoms with Crippen LogP contribution in [0.3, 0.4) is 0 Å². The number of rotatable bonds is 6. The van der Waals surface area contributed by atoms with Crippen molar-refractivity contribution in [1.29, 1.82) is 0 Å². The lowest BCUT2D eigenvalue weighted by molar-refractivity contribution is 0.102. The Hall–Kier alpha value is -4.26. The number of hydrogen-bond donors (Lipinski definition) is 3. The van der Waals surface area contributed by atoms with Crippen LogP contribution in [-0.4, -0.2) is 30.2 Å². The Bertz CT molecular complexity index is 1380. The fourth-order valence-corrected chi connectivity index (χ4v) is 3.77.